The number of hydrogen-bond donors (Lipinski definition) is 1. The van der Waals surface area contributed by atoms with Gasteiger partial charge in [0.25, 0.3) is 0 Å². The molecule has 0 amide bonds. The first kappa shape index (κ1) is 11.6. The van der Waals surface area contributed by atoms with E-state index in [4.69, 9.17) is 5.73 Å². The van der Waals surface area contributed by atoms with E-state index in [-0.39, 0.29) is 0 Å². The van der Waals surface area contributed by atoms with Gasteiger partial charge in [-0.1, -0.05) is 31.2 Å². The molecule has 0 bridgehead atoms. The third-order valence-corrected chi connectivity index (χ3v) is 3.41. The predicted octanol–water partition coefficient (Wildman–Crippen LogP) is 2.38. The molecule has 1 atom stereocenters. The second-order valence-electron chi connectivity index (χ2n) is 5.00. The Kier molecular flexibility index (Phi) is 3.97. The first-order valence-corrected chi connectivity index (χ1v) is 6.28. The molecule has 88 valence electrons. The number of piperidine rings is 1. The van der Waals surface area contributed by atoms with E-state index in [0.717, 1.165) is 12.5 Å². The Morgan fingerprint density at radius 2 is 1.94 bits per heavy atom. The molecule has 0 aromatic heterocycles. The van der Waals surface area contributed by atoms with Crippen LogP contribution in [0.3, 0.4) is 0 Å². The molecule has 1 fully saturated rings. The fourth-order valence-electron chi connectivity index (χ4n) is 2.47. The highest BCUT2D eigenvalue weighted by molar-refractivity contribution is 5.22. The van der Waals surface area contributed by atoms with Crippen molar-refractivity contribution in [3.05, 3.63) is 35.4 Å². The predicted molar refractivity (Wildman–Crippen MR) is 68.0 cm³/mol. The Labute approximate surface area is 98.4 Å². The lowest BCUT2D eigenvalue weighted by molar-refractivity contribution is 0.176. The number of benzene rings is 1. The summed E-state index contributed by atoms with van der Waals surface area (Å²) in [6.07, 6.45) is 2.74. The van der Waals surface area contributed by atoms with Crippen molar-refractivity contribution in [3.8, 4) is 0 Å². The van der Waals surface area contributed by atoms with Crippen LogP contribution in [0.15, 0.2) is 24.3 Å². The first-order valence-electron chi connectivity index (χ1n) is 6.28. The maximum Gasteiger partial charge on any atom is 0.0233 e. The average molecular weight is 218 g/mol. The minimum Gasteiger partial charge on any atom is -0.326 e. The zero-order chi connectivity index (χ0) is 11.4. The highest BCUT2D eigenvalue weighted by Gasteiger charge is 2.15. The number of hydrogen-bond acceptors (Lipinski definition) is 2. The Morgan fingerprint density at radius 3 is 2.56 bits per heavy atom. The van der Waals surface area contributed by atoms with Gasteiger partial charge in [-0.2, -0.15) is 0 Å². The largest absolute Gasteiger partial charge is 0.326 e. The lowest BCUT2D eigenvalue weighted by atomic mass is 9.99. The van der Waals surface area contributed by atoms with Gasteiger partial charge in [-0.25, -0.2) is 0 Å². The monoisotopic (exact) mass is 218 g/mol. The fourth-order valence-corrected chi connectivity index (χ4v) is 2.47. The summed E-state index contributed by atoms with van der Waals surface area (Å²) in [7, 11) is 0. The Balaban J connectivity index is 1.92. The standard InChI is InChI=1S/C14H22N2/c1-12-3-2-8-16(10-12)11-14-6-4-13(9-15)5-7-14/h4-7,12H,2-3,8-11,15H2,1H3/t12-/m0/s1. The molecule has 2 nitrogen and oxygen atoms in total. The summed E-state index contributed by atoms with van der Waals surface area (Å²) in [5.41, 5.74) is 8.22. The summed E-state index contributed by atoms with van der Waals surface area (Å²) in [5.74, 6) is 0.858. The maximum absolute atomic E-state index is 5.59. The highest BCUT2D eigenvalue weighted by Crippen LogP contribution is 2.17. The lowest BCUT2D eigenvalue weighted by Gasteiger charge is -2.30. The SMILES string of the molecule is C[C@H]1CCCN(Cc2ccc(CN)cc2)C1. The second kappa shape index (κ2) is 5.46. The van der Waals surface area contributed by atoms with Gasteiger partial charge in [0, 0.05) is 19.6 Å². The molecule has 2 heteroatoms. The van der Waals surface area contributed by atoms with E-state index in [2.05, 4.69) is 36.1 Å². The fraction of sp³-hybridized carbons (Fsp3) is 0.571. The van der Waals surface area contributed by atoms with Gasteiger partial charge in [0.15, 0.2) is 0 Å². The van der Waals surface area contributed by atoms with E-state index in [9.17, 15) is 0 Å². The van der Waals surface area contributed by atoms with Crippen LogP contribution in [0.25, 0.3) is 0 Å². The van der Waals surface area contributed by atoms with Crippen LogP contribution in [0.4, 0.5) is 0 Å². The molecule has 1 aliphatic rings. The minimum absolute atomic E-state index is 0.640. The summed E-state index contributed by atoms with van der Waals surface area (Å²) in [5, 5.41) is 0. The summed E-state index contributed by atoms with van der Waals surface area (Å²) < 4.78 is 0. The Morgan fingerprint density at radius 1 is 1.25 bits per heavy atom. The van der Waals surface area contributed by atoms with Crippen molar-refractivity contribution in [2.45, 2.75) is 32.9 Å². The topological polar surface area (TPSA) is 29.3 Å². The molecule has 16 heavy (non-hydrogen) atoms. The van der Waals surface area contributed by atoms with Crippen molar-refractivity contribution in [2.24, 2.45) is 11.7 Å². The van der Waals surface area contributed by atoms with Crippen LogP contribution in [-0.2, 0) is 13.1 Å². The minimum atomic E-state index is 0.640. The van der Waals surface area contributed by atoms with E-state index in [1.54, 1.807) is 0 Å². The molecular formula is C14H22N2. The molecule has 2 N–H and O–H groups in total. The molecule has 1 aromatic rings. The molecule has 0 unspecified atom stereocenters. The van der Waals surface area contributed by atoms with E-state index >= 15 is 0 Å². The van der Waals surface area contributed by atoms with Crippen molar-refractivity contribution >= 4 is 0 Å². The number of likely N-dealkylation sites (tertiary alicyclic amines) is 1. The van der Waals surface area contributed by atoms with Crippen molar-refractivity contribution in [1.82, 2.24) is 4.90 Å². The van der Waals surface area contributed by atoms with E-state index < -0.39 is 0 Å². The molecule has 1 aliphatic heterocycles. The molecule has 0 aliphatic carbocycles. The van der Waals surface area contributed by atoms with E-state index in [1.165, 1.54) is 37.1 Å². The maximum atomic E-state index is 5.59. The van der Waals surface area contributed by atoms with E-state index in [1.807, 2.05) is 0 Å². The molecule has 0 spiro atoms. The van der Waals surface area contributed by atoms with Crippen LogP contribution < -0.4 is 5.73 Å². The Bertz CT molecular complexity index is 318. The molecule has 2 rings (SSSR count). The van der Waals surface area contributed by atoms with Gasteiger partial charge in [-0.3, -0.25) is 4.90 Å². The normalized spacial score (nSPS) is 22.2. The van der Waals surface area contributed by atoms with Crippen LogP contribution in [0.1, 0.15) is 30.9 Å². The lowest BCUT2D eigenvalue weighted by Crippen LogP contribution is -2.33. The van der Waals surface area contributed by atoms with Crippen molar-refractivity contribution < 1.29 is 0 Å². The van der Waals surface area contributed by atoms with Crippen LogP contribution in [0, 0.1) is 5.92 Å². The van der Waals surface area contributed by atoms with Gasteiger partial charge in [-0.05, 0) is 36.4 Å². The molecule has 1 aromatic carbocycles. The first-order chi connectivity index (χ1) is 7.78. The van der Waals surface area contributed by atoms with Crippen LogP contribution in [0.2, 0.25) is 0 Å². The van der Waals surface area contributed by atoms with Crippen LogP contribution >= 0.6 is 0 Å². The summed E-state index contributed by atoms with van der Waals surface area (Å²) in [6, 6.07) is 8.70. The molecule has 0 radical (unpaired) electrons. The molecular weight excluding hydrogens is 196 g/mol. The van der Waals surface area contributed by atoms with Crippen molar-refractivity contribution in [3.63, 3.8) is 0 Å². The summed E-state index contributed by atoms with van der Waals surface area (Å²) in [6.45, 7) is 6.58. The van der Waals surface area contributed by atoms with Gasteiger partial charge >= 0.3 is 0 Å². The summed E-state index contributed by atoms with van der Waals surface area (Å²) >= 11 is 0. The zero-order valence-corrected chi connectivity index (χ0v) is 10.2. The smallest absolute Gasteiger partial charge is 0.0233 e. The highest BCUT2D eigenvalue weighted by atomic mass is 15.1. The van der Waals surface area contributed by atoms with Gasteiger partial charge < -0.3 is 5.73 Å². The zero-order valence-electron chi connectivity index (χ0n) is 10.2. The summed E-state index contributed by atoms with van der Waals surface area (Å²) in [4.78, 5) is 2.56. The van der Waals surface area contributed by atoms with E-state index in [0.29, 0.717) is 6.54 Å². The number of nitrogens with two attached hydrogens (primary N) is 1. The third kappa shape index (κ3) is 3.06. The van der Waals surface area contributed by atoms with Gasteiger partial charge in [-0.15, -0.1) is 0 Å². The average Bonchev–Trinajstić information content (AvgIpc) is 2.30. The number of rotatable bonds is 3. The van der Waals surface area contributed by atoms with Crippen LogP contribution in [-0.4, -0.2) is 18.0 Å². The molecule has 1 saturated heterocycles. The molecule has 0 saturated carbocycles. The van der Waals surface area contributed by atoms with Gasteiger partial charge in [0.05, 0.1) is 0 Å². The van der Waals surface area contributed by atoms with Crippen LogP contribution in [0.5, 0.6) is 0 Å². The molecule has 1 heterocycles. The number of nitrogens with zero attached hydrogens (tertiary/aromatic N) is 1. The Hall–Kier alpha value is -0.860. The van der Waals surface area contributed by atoms with Gasteiger partial charge in [0.1, 0.15) is 0 Å². The third-order valence-electron chi connectivity index (χ3n) is 3.41. The van der Waals surface area contributed by atoms with Crippen molar-refractivity contribution in [1.29, 1.82) is 0 Å². The quantitative estimate of drug-likeness (QED) is 0.844. The van der Waals surface area contributed by atoms with Gasteiger partial charge in [0.2, 0.25) is 0 Å². The second-order valence-corrected chi connectivity index (χ2v) is 5.00. The van der Waals surface area contributed by atoms with Crippen molar-refractivity contribution in [2.75, 3.05) is 13.1 Å².